The Balaban J connectivity index is 1.65. The van der Waals surface area contributed by atoms with Gasteiger partial charge in [-0.25, -0.2) is 8.42 Å². The topological polar surface area (TPSA) is 77.9 Å². The second kappa shape index (κ2) is 7.13. The number of benzene rings is 3. The average Bonchev–Trinajstić information content (AvgIpc) is 3.32. The molecule has 2 heterocycles. The van der Waals surface area contributed by atoms with Crippen LogP contribution < -0.4 is 4.90 Å². The third-order valence-corrected chi connectivity index (χ3v) is 7.89. The number of hydrogen-bond donors (Lipinski definition) is 1. The summed E-state index contributed by atoms with van der Waals surface area (Å²) in [6.45, 7) is 1.74. The maximum absolute atomic E-state index is 13.3. The molecule has 31 heavy (non-hydrogen) atoms. The Labute approximate surface area is 181 Å². The third-order valence-electron chi connectivity index (χ3n) is 6.10. The standard InChI is InChI=1S/C24H22N2O4S/c1-25-22(23(27)18-9-8-16-6-2-3-7-17(16)14-18)24(28)20-11-10-19(26-12-4-5-13-26)15-21(20)31(25,29)30/h2-3,6-11,14-15,27H,4-5,12-13H2,1H3. The molecule has 0 unspecified atom stereocenters. The van der Waals surface area contributed by atoms with Crippen molar-refractivity contribution in [3.8, 4) is 0 Å². The highest BCUT2D eigenvalue weighted by atomic mass is 32.2. The molecule has 0 atom stereocenters. The number of fused-ring (bicyclic) bond motifs is 2. The highest BCUT2D eigenvalue weighted by Crippen LogP contribution is 2.37. The summed E-state index contributed by atoms with van der Waals surface area (Å²) in [5, 5.41) is 12.8. The van der Waals surface area contributed by atoms with Crippen molar-refractivity contribution in [2.24, 2.45) is 0 Å². The van der Waals surface area contributed by atoms with Crippen molar-refractivity contribution in [3.63, 3.8) is 0 Å². The number of nitrogens with zero attached hydrogens (tertiary/aromatic N) is 2. The molecule has 6 nitrogen and oxygen atoms in total. The van der Waals surface area contributed by atoms with Crippen molar-refractivity contribution in [3.05, 3.63) is 77.5 Å². The smallest absolute Gasteiger partial charge is 0.265 e. The van der Waals surface area contributed by atoms with Crippen molar-refractivity contribution >= 4 is 38.0 Å². The molecular weight excluding hydrogens is 412 g/mol. The van der Waals surface area contributed by atoms with E-state index < -0.39 is 15.8 Å². The van der Waals surface area contributed by atoms with Gasteiger partial charge in [0.15, 0.2) is 5.76 Å². The molecule has 1 saturated heterocycles. The van der Waals surface area contributed by atoms with Crippen LogP contribution in [0.5, 0.6) is 0 Å². The van der Waals surface area contributed by atoms with Gasteiger partial charge in [0.1, 0.15) is 10.6 Å². The maximum atomic E-state index is 13.3. The van der Waals surface area contributed by atoms with Crippen molar-refractivity contribution < 1.29 is 18.3 Å². The van der Waals surface area contributed by atoms with Gasteiger partial charge in [0.05, 0.1) is 0 Å². The minimum absolute atomic E-state index is 0.0144. The van der Waals surface area contributed by atoms with Crippen LogP contribution in [0.1, 0.15) is 28.8 Å². The van der Waals surface area contributed by atoms with Gasteiger partial charge < -0.3 is 10.0 Å². The van der Waals surface area contributed by atoms with E-state index in [4.69, 9.17) is 0 Å². The van der Waals surface area contributed by atoms with Crippen LogP contribution in [-0.4, -0.2) is 43.7 Å². The monoisotopic (exact) mass is 434 g/mol. The summed E-state index contributed by atoms with van der Waals surface area (Å²) < 4.78 is 27.5. The molecule has 0 radical (unpaired) electrons. The van der Waals surface area contributed by atoms with Gasteiger partial charge in [-0.3, -0.25) is 9.10 Å². The first kappa shape index (κ1) is 19.6. The van der Waals surface area contributed by atoms with Crippen LogP contribution in [0.15, 0.2) is 71.3 Å². The minimum Gasteiger partial charge on any atom is -0.505 e. The lowest BCUT2D eigenvalue weighted by Crippen LogP contribution is -2.37. The Morgan fingerprint density at radius 2 is 1.65 bits per heavy atom. The third kappa shape index (κ3) is 3.08. The van der Waals surface area contributed by atoms with Gasteiger partial charge in [0.2, 0.25) is 5.78 Å². The van der Waals surface area contributed by atoms with Crippen LogP contribution in [0, 0.1) is 0 Å². The van der Waals surface area contributed by atoms with Crippen molar-refractivity contribution in [1.82, 2.24) is 4.31 Å². The molecule has 3 aromatic carbocycles. The summed E-state index contributed by atoms with van der Waals surface area (Å²) in [5.74, 6) is -0.859. The number of rotatable bonds is 2. The number of anilines is 1. The normalized spacial score (nSPS) is 19.6. The SMILES string of the molecule is CN1C(=C(O)c2ccc3ccccc3c2)C(=O)c2ccc(N3CCCC3)cc2S1(=O)=O. The lowest BCUT2D eigenvalue weighted by atomic mass is 10.0. The van der Waals surface area contributed by atoms with Crippen LogP contribution >= 0.6 is 0 Å². The lowest BCUT2D eigenvalue weighted by molar-refractivity contribution is 0.100. The highest BCUT2D eigenvalue weighted by molar-refractivity contribution is 7.89. The zero-order valence-electron chi connectivity index (χ0n) is 17.1. The number of aliphatic hydroxyl groups is 1. The fraction of sp³-hybridized carbons (Fsp3) is 0.208. The summed E-state index contributed by atoms with van der Waals surface area (Å²) >= 11 is 0. The number of likely N-dealkylation sites (N-methyl/N-ethyl adjacent to an activating group) is 1. The molecule has 2 aliphatic heterocycles. The van der Waals surface area contributed by atoms with E-state index in [1.54, 1.807) is 30.3 Å². The predicted octanol–water partition coefficient (Wildman–Crippen LogP) is 4.18. The molecule has 7 heteroatoms. The van der Waals surface area contributed by atoms with Gasteiger partial charge in [0, 0.05) is 37.0 Å². The van der Waals surface area contributed by atoms with Gasteiger partial charge in [0.25, 0.3) is 10.0 Å². The quantitative estimate of drug-likeness (QED) is 0.484. The van der Waals surface area contributed by atoms with Crippen molar-refractivity contribution in [1.29, 1.82) is 0 Å². The molecule has 1 N–H and O–H groups in total. The molecule has 2 aliphatic rings. The largest absolute Gasteiger partial charge is 0.505 e. The van der Waals surface area contributed by atoms with Crippen molar-refractivity contribution in [2.75, 3.05) is 25.0 Å². The summed E-state index contributed by atoms with van der Waals surface area (Å²) in [7, 11) is -2.67. The summed E-state index contributed by atoms with van der Waals surface area (Å²) in [6.07, 6.45) is 2.13. The van der Waals surface area contributed by atoms with Crippen LogP contribution in [0.2, 0.25) is 0 Å². The van der Waals surface area contributed by atoms with Gasteiger partial charge in [-0.15, -0.1) is 0 Å². The predicted molar refractivity (Wildman–Crippen MR) is 121 cm³/mol. The first-order valence-electron chi connectivity index (χ1n) is 10.2. The number of aliphatic hydroxyl groups excluding tert-OH is 1. The molecule has 0 bridgehead atoms. The van der Waals surface area contributed by atoms with Crippen LogP contribution in [-0.2, 0) is 10.0 Å². The van der Waals surface area contributed by atoms with E-state index in [9.17, 15) is 18.3 Å². The van der Waals surface area contributed by atoms with Gasteiger partial charge >= 0.3 is 0 Å². The number of hydrogen-bond acceptors (Lipinski definition) is 5. The number of Topliss-reactive ketones (excluding diaryl/α,β-unsaturated/α-hetero) is 1. The van der Waals surface area contributed by atoms with E-state index in [-0.39, 0.29) is 21.9 Å². The zero-order chi connectivity index (χ0) is 21.8. The average molecular weight is 435 g/mol. The Kier molecular flexibility index (Phi) is 4.51. The van der Waals surface area contributed by atoms with E-state index in [1.165, 1.54) is 7.05 Å². The molecule has 0 saturated carbocycles. The summed E-state index contributed by atoms with van der Waals surface area (Å²) in [6, 6.07) is 17.8. The molecule has 158 valence electrons. The van der Waals surface area contributed by atoms with Gasteiger partial charge in [-0.05, 0) is 47.9 Å². The van der Waals surface area contributed by atoms with Crippen LogP contribution in [0.4, 0.5) is 5.69 Å². The molecule has 0 amide bonds. The van der Waals surface area contributed by atoms with Gasteiger partial charge in [-0.1, -0.05) is 36.4 Å². The fourth-order valence-corrected chi connectivity index (χ4v) is 5.77. The number of carbonyl (C=O) groups excluding carboxylic acids is 1. The number of carbonyl (C=O) groups is 1. The number of sulfonamides is 1. The Morgan fingerprint density at radius 1 is 0.935 bits per heavy atom. The molecule has 0 aromatic heterocycles. The second-order valence-electron chi connectivity index (χ2n) is 7.94. The fourth-order valence-electron chi connectivity index (χ4n) is 4.35. The van der Waals surface area contributed by atoms with Crippen LogP contribution in [0.25, 0.3) is 16.5 Å². The Morgan fingerprint density at radius 3 is 2.39 bits per heavy atom. The molecular formula is C24H22N2O4S. The molecule has 3 aromatic rings. The molecule has 1 fully saturated rings. The van der Waals surface area contributed by atoms with Crippen LogP contribution in [0.3, 0.4) is 0 Å². The van der Waals surface area contributed by atoms with Crippen molar-refractivity contribution in [2.45, 2.75) is 17.7 Å². The summed E-state index contributed by atoms with van der Waals surface area (Å²) in [4.78, 5) is 15.4. The summed E-state index contributed by atoms with van der Waals surface area (Å²) in [5.41, 5.74) is 1.04. The second-order valence-corrected chi connectivity index (χ2v) is 9.87. The van der Waals surface area contributed by atoms with E-state index in [2.05, 4.69) is 4.90 Å². The van der Waals surface area contributed by atoms with E-state index in [0.717, 1.165) is 46.7 Å². The molecule has 0 spiro atoms. The first-order chi connectivity index (χ1) is 14.9. The minimum atomic E-state index is -3.98. The van der Waals surface area contributed by atoms with E-state index in [1.807, 2.05) is 30.3 Å². The van der Waals surface area contributed by atoms with E-state index >= 15 is 0 Å². The maximum Gasteiger partial charge on any atom is 0.265 e. The lowest BCUT2D eigenvalue weighted by Gasteiger charge is -2.30. The number of ketones is 1. The molecule has 0 aliphatic carbocycles. The highest BCUT2D eigenvalue weighted by Gasteiger charge is 2.40. The number of allylic oxidation sites excluding steroid dienone is 1. The zero-order valence-corrected chi connectivity index (χ0v) is 17.9. The Bertz CT molecular complexity index is 1360. The first-order valence-corrected chi connectivity index (χ1v) is 11.7. The van der Waals surface area contributed by atoms with E-state index in [0.29, 0.717) is 5.56 Å². The van der Waals surface area contributed by atoms with Gasteiger partial charge in [-0.2, -0.15) is 0 Å². The molecule has 5 rings (SSSR count). The Hall–Kier alpha value is -3.32.